The van der Waals surface area contributed by atoms with Crippen molar-refractivity contribution in [3.63, 3.8) is 0 Å². The van der Waals surface area contributed by atoms with Crippen LogP contribution in [0.4, 0.5) is 5.82 Å². The first kappa shape index (κ1) is 17.4. The molecule has 2 aliphatic rings. The third kappa shape index (κ3) is 3.73. The molecule has 0 amide bonds. The Labute approximate surface area is 156 Å². The van der Waals surface area contributed by atoms with E-state index in [4.69, 9.17) is 9.97 Å². The summed E-state index contributed by atoms with van der Waals surface area (Å²) >= 11 is 0. The number of aryl methyl sites for hydroxylation is 1. The molecular formula is C21H29N5. The molecule has 0 aromatic carbocycles. The van der Waals surface area contributed by atoms with Crippen molar-refractivity contribution in [3.05, 3.63) is 35.8 Å². The normalized spacial score (nSPS) is 19.2. The third-order valence-corrected chi connectivity index (χ3v) is 5.91. The molecule has 26 heavy (non-hydrogen) atoms. The number of piperidine rings is 1. The fraction of sp³-hybridized carbons (Fsp3) is 0.571. The van der Waals surface area contributed by atoms with E-state index in [0.717, 1.165) is 41.9 Å². The van der Waals surface area contributed by atoms with Crippen LogP contribution in [0.25, 0.3) is 11.4 Å². The van der Waals surface area contributed by atoms with Crippen molar-refractivity contribution in [2.75, 3.05) is 37.6 Å². The van der Waals surface area contributed by atoms with E-state index in [1.165, 1.54) is 50.9 Å². The minimum absolute atomic E-state index is 0.787. The summed E-state index contributed by atoms with van der Waals surface area (Å²) in [4.78, 5) is 18.9. The molecule has 0 bridgehead atoms. The van der Waals surface area contributed by atoms with Gasteiger partial charge >= 0.3 is 0 Å². The highest BCUT2D eigenvalue weighted by Crippen LogP contribution is 2.28. The van der Waals surface area contributed by atoms with Crippen LogP contribution >= 0.6 is 0 Å². The Kier molecular flexibility index (Phi) is 5.16. The molecule has 2 aromatic heterocycles. The van der Waals surface area contributed by atoms with Crippen LogP contribution < -0.4 is 4.90 Å². The highest BCUT2D eigenvalue weighted by atomic mass is 15.2. The average Bonchev–Trinajstić information content (AvgIpc) is 3.18. The Bertz CT molecular complexity index is 732. The lowest BCUT2D eigenvalue weighted by atomic mass is 9.96. The number of hydrogen-bond acceptors (Lipinski definition) is 5. The van der Waals surface area contributed by atoms with Crippen molar-refractivity contribution in [2.45, 2.75) is 39.5 Å². The van der Waals surface area contributed by atoms with Crippen molar-refractivity contribution in [3.8, 4) is 11.4 Å². The van der Waals surface area contributed by atoms with Crippen molar-refractivity contribution in [1.29, 1.82) is 0 Å². The van der Waals surface area contributed by atoms with Gasteiger partial charge in [-0.25, -0.2) is 9.97 Å². The van der Waals surface area contributed by atoms with Crippen molar-refractivity contribution < 1.29 is 0 Å². The fourth-order valence-electron chi connectivity index (χ4n) is 4.20. The van der Waals surface area contributed by atoms with E-state index in [0.29, 0.717) is 0 Å². The average molecular weight is 351 g/mol. The summed E-state index contributed by atoms with van der Waals surface area (Å²) in [5, 5.41) is 0. The quantitative estimate of drug-likeness (QED) is 0.844. The van der Waals surface area contributed by atoms with E-state index in [1.807, 2.05) is 18.3 Å². The molecule has 0 atom stereocenters. The molecule has 0 N–H and O–H groups in total. The number of pyridine rings is 1. The van der Waals surface area contributed by atoms with Crippen molar-refractivity contribution >= 4 is 5.82 Å². The van der Waals surface area contributed by atoms with Gasteiger partial charge in [-0.1, -0.05) is 0 Å². The predicted octanol–water partition coefficient (Wildman–Crippen LogP) is 3.47. The largest absolute Gasteiger partial charge is 0.356 e. The smallest absolute Gasteiger partial charge is 0.163 e. The van der Waals surface area contributed by atoms with Crippen LogP contribution in [0.5, 0.6) is 0 Å². The number of aromatic nitrogens is 3. The molecule has 5 heteroatoms. The number of rotatable bonds is 4. The maximum Gasteiger partial charge on any atom is 0.163 e. The Balaban J connectivity index is 1.48. The highest BCUT2D eigenvalue weighted by molar-refractivity contribution is 5.59. The molecule has 0 spiro atoms. The second-order valence-electron chi connectivity index (χ2n) is 7.76. The zero-order valence-corrected chi connectivity index (χ0v) is 16.0. The van der Waals surface area contributed by atoms with E-state index in [-0.39, 0.29) is 0 Å². The molecule has 0 saturated carbocycles. The molecule has 0 aliphatic carbocycles. The van der Waals surface area contributed by atoms with Gasteiger partial charge in [0.2, 0.25) is 0 Å². The van der Waals surface area contributed by atoms with Crippen LogP contribution in [-0.4, -0.2) is 52.6 Å². The van der Waals surface area contributed by atoms with Crippen molar-refractivity contribution in [1.82, 2.24) is 19.9 Å². The predicted molar refractivity (Wildman–Crippen MR) is 105 cm³/mol. The van der Waals surface area contributed by atoms with Gasteiger partial charge in [-0.2, -0.15) is 0 Å². The Hall–Kier alpha value is -2.01. The Morgan fingerprint density at radius 1 is 1.04 bits per heavy atom. The first-order valence-corrected chi connectivity index (χ1v) is 9.93. The number of nitrogens with zero attached hydrogens (tertiary/aromatic N) is 5. The maximum absolute atomic E-state index is 4.92. The molecule has 2 fully saturated rings. The van der Waals surface area contributed by atoms with Gasteiger partial charge in [-0.15, -0.1) is 0 Å². The maximum atomic E-state index is 4.92. The molecule has 138 valence electrons. The lowest BCUT2D eigenvalue weighted by Gasteiger charge is -2.35. The fourth-order valence-corrected chi connectivity index (χ4v) is 4.20. The van der Waals surface area contributed by atoms with Gasteiger partial charge in [0, 0.05) is 48.8 Å². The second-order valence-corrected chi connectivity index (χ2v) is 7.76. The zero-order chi connectivity index (χ0) is 17.9. The monoisotopic (exact) mass is 351 g/mol. The van der Waals surface area contributed by atoms with E-state index in [9.17, 15) is 0 Å². The van der Waals surface area contributed by atoms with Gasteiger partial charge in [-0.05, 0) is 70.7 Å². The number of hydrogen-bond donors (Lipinski definition) is 0. The van der Waals surface area contributed by atoms with Gasteiger partial charge in [0.15, 0.2) is 5.82 Å². The molecule has 2 saturated heterocycles. The van der Waals surface area contributed by atoms with Gasteiger partial charge in [0.05, 0.1) is 0 Å². The summed E-state index contributed by atoms with van der Waals surface area (Å²) in [6, 6.07) is 3.97. The van der Waals surface area contributed by atoms with Gasteiger partial charge < -0.3 is 9.80 Å². The van der Waals surface area contributed by atoms with E-state index in [1.54, 1.807) is 6.20 Å². The second kappa shape index (κ2) is 7.70. The summed E-state index contributed by atoms with van der Waals surface area (Å²) in [6.45, 7) is 10.3. The molecule has 4 rings (SSSR count). The lowest BCUT2D eigenvalue weighted by Crippen LogP contribution is -2.39. The third-order valence-electron chi connectivity index (χ3n) is 5.91. The molecule has 2 aliphatic heterocycles. The van der Waals surface area contributed by atoms with Crippen LogP contribution in [-0.2, 0) is 0 Å². The Morgan fingerprint density at radius 2 is 1.81 bits per heavy atom. The van der Waals surface area contributed by atoms with E-state index in [2.05, 4.69) is 28.6 Å². The standard InChI is InChI=1S/C21H29N5/c1-16-17(2)23-20(19-6-5-9-22-14-19)24-21(16)26-12-7-18(8-13-26)15-25-10-3-4-11-25/h5-6,9,14,18H,3-4,7-8,10-13,15H2,1-2H3. The highest BCUT2D eigenvalue weighted by Gasteiger charge is 2.25. The van der Waals surface area contributed by atoms with E-state index >= 15 is 0 Å². The van der Waals surface area contributed by atoms with Crippen LogP contribution in [0.3, 0.4) is 0 Å². The first-order valence-electron chi connectivity index (χ1n) is 9.93. The summed E-state index contributed by atoms with van der Waals surface area (Å²) < 4.78 is 0. The summed E-state index contributed by atoms with van der Waals surface area (Å²) in [5.74, 6) is 2.73. The lowest BCUT2D eigenvalue weighted by molar-refractivity contribution is 0.249. The first-order chi connectivity index (χ1) is 12.7. The van der Waals surface area contributed by atoms with Crippen LogP contribution in [0.15, 0.2) is 24.5 Å². The molecule has 5 nitrogen and oxygen atoms in total. The summed E-state index contributed by atoms with van der Waals surface area (Å²) in [7, 11) is 0. The van der Waals surface area contributed by atoms with Crippen LogP contribution in [0, 0.1) is 19.8 Å². The molecule has 4 heterocycles. The van der Waals surface area contributed by atoms with Gasteiger partial charge in [0.25, 0.3) is 0 Å². The number of anilines is 1. The van der Waals surface area contributed by atoms with Crippen LogP contribution in [0.1, 0.15) is 36.9 Å². The molecule has 2 aromatic rings. The van der Waals surface area contributed by atoms with Crippen molar-refractivity contribution in [2.24, 2.45) is 5.92 Å². The topological polar surface area (TPSA) is 45.2 Å². The minimum Gasteiger partial charge on any atom is -0.356 e. The SMILES string of the molecule is Cc1nc(-c2cccnc2)nc(N2CCC(CN3CCCC3)CC2)c1C. The summed E-state index contributed by atoms with van der Waals surface area (Å²) in [6.07, 6.45) is 8.93. The summed E-state index contributed by atoms with van der Waals surface area (Å²) in [5.41, 5.74) is 3.25. The Morgan fingerprint density at radius 3 is 2.50 bits per heavy atom. The minimum atomic E-state index is 0.787. The van der Waals surface area contributed by atoms with Gasteiger partial charge in [-0.3, -0.25) is 4.98 Å². The molecular weight excluding hydrogens is 322 g/mol. The molecule has 0 radical (unpaired) electrons. The van der Waals surface area contributed by atoms with Crippen LogP contribution in [0.2, 0.25) is 0 Å². The van der Waals surface area contributed by atoms with E-state index < -0.39 is 0 Å². The van der Waals surface area contributed by atoms with Gasteiger partial charge in [0.1, 0.15) is 5.82 Å². The molecule has 0 unspecified atom stereocenters. The zero-order valence-electron chi connectivity index (χ0n) is 16.0. The number of likely N-dealkylation sites (tertiary alicyclic amines) is 1.